The number of esters is 1. The molecule has 0 saturated heterocycles. The van der Waals surface area contributed by atoms with Gasteiger partial charge in [-0.1, -0.05) is 0 Å². The van der Waals surface area contributed by atoms with Crippen molar-refractivity contribution >= 4 is 5.97 Å². The minimum absolute atomic E-state index is 0.0168. The minimum atomic E-state index is -1.45. The van der Waals surface area contributed by atoms with Gasteiger partial charge in [0, 0.05) is 6.42 Å². The first-order valence-electron chi connectivity index (χ1n) is 4.83. The molecule has 4 N–H and O–H groups in total. The number of rotatable bonds is 7. The quantitative estimate of drug-likeness (QED) is 0.387. The van der Waals surface area contributed by atoms with Gasteiger partial charge in [-0.2, -0.15) is 0 Å². The average molecular weight is 222 g/mol. The van der Waals surface area contributed by atoms with Crippen LogP contribution in [0.5, 0.6) is 0 Å². The first-order valence-corrected chi connectivity index (χ1v) is 4.83. The molecule has 0 spiro atoms. The van der Waals surface area contributed by atoms with E-state index in [0.29, 0.717) is 0 Å². The van der Waals surface area contributed by atoms with Gasteiger partial charge in [-0.25, -0.2) is 0 Å². The predicted octanol–water partition coefficient (Wildman–Crippen LogP) is -1.60. The van der Waals surface area contributed by atoms with Gasteiger partial charge >= 0.3 is 5.97 Å². The van der Waals surface area contributed by atoms with Crippen LogP contribution in [0.15, 0.2) is 0 Å². The summed E-state index contributed by atoms with van der Waals surface area (Å²) >= 11 is 0. The molecule has 0 rings (SSSR count). The SMILES string of the molecule is CCOC(=O)CC[C@@H](O)[C@H](O)[C@H](O)CO. The first-order chi connectivity index (χ1) is 7.02. The molecule has 0 aliphatic heterocycles. The zero-order valence-corrected chi connectivity index (χ0v) is 8.67. The van der Waals surface area contributed by atoms with Crippen LogP contribution in [0.4, 0.5) is 0 Å². The normalized spacial score (nSPS) is 16.9. The van der Waals surface area contributed by atoms with Crippen LogP contribution in [0.2, 0.25) is 0 Å². The van der Waals surface area contributed by atoms with E-state index in [1.165, 1.54) is 0 Å². The molecule has 6 nitrogen and oxygen atoms in total. The summed E-state index contributed by atoms with van der Waals surface area (Å²) in [6, 6.07) is 0. The topological polar surface area (TPSA) is 107 Å². The van der Waals surface area contributed by atoms with Crippen molar-refractivity contribution in [1.82, 2.24) is 0 Å². The maximum Gasteiger partial charge on any atom is 0.305 e. The van der Waals surface area contributed by atoms with Gasteiger partial charge in [0.2, 0.25) is 0 Å². The van der Waals surface area contributed by atoms with E-state index in [1.807, 2.05) is 0 Å². The van der Waals surface area contributed by atoms with Gasteiger partial charge in [-0.05, 0) is 13.3 Å². The Kier molecular flexibility index (Phi) is 7.23. The monoisotopic (exact) mass is 222 g/mol. The summed E-state index contributed by atoms with van der Waals surface area (Å²) in [6.07, 6.45) is -4.16. The molecule has 6 heteroatoms. The zero-order valence-electron chi connectivity index (χ0n) is 8.67. The molecule has 0 aliphatic rings. The molecule has 0 bridgehead atoms. The van der Waals surface area contributed by atoms with Crippen LogP contribution in [-0.2, 0) is 9.53 Å². The highest BCUT2D eigenvalue weighted by atomic mass is 16.5. The number of hydrogen-bond acceptors (Lipinski definition) is 6. The standard InChI is InChI=1S/C9H18O6/c1-2-15-8(13)4-3-6(11)9(14)7(12)5-10/h6-7,9-12,14H,2-5H2,1H3/t6-,7-,9+/m1/s1. The molecule has 0 heterocycles. The van der Waals surface area contributed by atoms with E-state index in [0.717, 1.165) is 0 Å². The van der Waals surface area contributed by atoms with Crippen LogP contribution in [0.3, 0.4) is 0 Å². The third-order valence-corrected chi connectivity index (χ3v) is 1.93. The van der Waals surface area contributed by atoms with Crippen LogP contribution in [-0.4, -0.2) is 57.9 Å². The van der Waals surface area contributed by atoms with Gasteiger partial charge in [-0.15, -0.1) is 0 Å². The van der Waals surface area contributed by atoms with E-state index >= 15 is 0 Å². The van der Waals surface area contributed by atoms with E-state index in [2.05, 4.69) is 4.74 Å². The summed E-state index contributed by atoms with van der Waals surface area (Å²) in [6.45, 7) is 1.28. The summed E-state index contributed by atoms with van der Waals surface area (Å²) in [5, 5.41) is 36.0. The Balaban J connectivity index is 3.82. The molecule has 0 radical (unpaired) electrons. The fourth-order valence-electron chi connectivity index (χ4n) is 1.03. The largest absolute Gasteiger partial charge is 0.466 e. The summed E-state index contributed by atoms with van der Waals surface area (Å²) in [7, 11) is 0. The molecule has 3 atom stereocenters. The van der Waals surface area contributed by atoms with Crippen molar-refractivity contribution < 1.29 is 30.0 Å². The zero-order chi connectivity index (χ0) is 11.8. The van der Waals surface area contributed by atoms with Crippen molar-refractivity contribution in [3.05, 3.63) is 0 Å². The molecule has 0 fully saturated rings. The molecule has 0 aliphatic carbocycles. The lowest BCUT2D eigenvalue weighted by Crippen LogP contribution is -2.39. The van der Waals surface area contributed by atoms with Crippen molar-refractivity contribution in [3.8, 4) is 0 Å². The lowest BCUT2D eigenvalue weighted by molar-refractivity contribution is -0.144. The third-order valence-electron chi connectivity index (χ3n) is 1.93. The van der Waals surface area contributed by atoms with E-state index < -0.39 is 30.9 Å². The summed E-state index contributed by atoms with van der Waals surface area (Å²) in [5.74, 6) is -0.470. The van der Waals surface area contributed by atoms with Crippen LogP contribution in [0.1, 0.15) is 19.8 Å². The van der Waals surface area contributed by atoms with Crippen LogP contribution < -0.4 is 0 Å². The third kappa shape index (κ3) is 5.68. The highest BCUT2D eigenvalue weighted by Gasteiger charge is 2.24. The Morgan fingerprint density at radius 2 is 1.87 bits per heavy atom. The molecule has 90 valence electrons. The number of aliphatic hydroxyl groups is 4. The molecule has 0 unspecified atom stereocenters. The van der Waals surface area contributed by atoms with Crippen molar-refractivity contribution in [2.45, 2.75) is 38.1 Å². The molecule has 0 aromatic heterocycles. The average Bonchev–Trinajstić information content (AvgIpc) is 2.24. The van der Waals surface area contributed by atoms with Gasteiger partial charge in [0.25, 0.3) is 0 Å². The second-order valence-corrected chi connectivity index (χ2v) is 3.15. The predicted molar refractivity (Wildman–Crippen MR) is 51.0 cm³/mol. The Labute approximate surface area is 88.1 Å². The fraction of sp³-hybridized carbons (Fsp3) is 0.889. The molecule has 15 heavy (non-hydrogen) atoms. The van der Waals surface area contributed by atoms with Gasteiger partial charge in [0.15, 0.2) is 0 Å². The molecule has 0 aromatic carbocycles. The van der Waals surface area contributed by atoms with Crippen LogP contribution >= 0.6 is 0 Å². The van der Waals surface area contributed by atoms with Crippen molar-refractivity contribution in [2.24, 2.45) is 0 Å². The number of carbonyl (C=O) groups excluding carboxylic acids is 1. The maximum absolute atomic E-state index is 10.9. The number of aliphatic hydroxyl groups excluding tert-OH is 4. The Hall–Kier alpha value is -0.690. The molecule has 0 saturated carbocycles. The lowest BCUT2D eigenvalue weighted by atomic mass is 10.0. The first kappa shape index (κ1) is 14.3. The van der Waals surface area contributed by atoms with Crippen LogP contribution in [0.25, 0.3) is 0 Å². The van der Waals surface area contributed by atoms with E-state index in [9.17, 15) is 15.0 Å². The molecule has 0 aromatic rings. The van der Waals surface area contributed by atoms with Crippen molar-refractivity contribution in [1.29, 1.82) is 0 Å². The number of ether oxygens (including phenoxy) is 1. The summed E-state index contributed by atoms with van der Waals surface area (Å²) in [4.78, 5) is 10.9. The van der Waals surface area contributed by atoms with Gasteiger partial charge < -0.3 is 25.2 Å². The van der Waals surface area contributed by atoms with Gasteiger partial charge in [0.1, 0.15) is 12.2 Å². The van der Waals surface area contributed by atoms with Gasteiger partial charge in [-0.3, -0.25) is 4.79 Å². The molecular formula is C9H18O6. The van der Waals surface area contributed by atoms with E-state index in [4.69, 9.17) is 10.2 Å². The summed E-state index contributed by atoms with van der Waals surface area (Å²) in [5.41, 5.74) is 0. The minimum Gasteiger partial charge on any atom is -0.466 e. The lowest BCUT2D eigenvalue weighted by Gasteiger charge is -2.20. The smallest absolute Gasteiger partial charge is 0.305 e. The fourth-order valence-corrected chi connectivity index (χ4v) is 1.03. The Morgan fingerprint density at radius 3 is 2.33 bits per heavy atom. The maximum atomic E-state index is 10.9. The molecule has 0 amide bonds. The second-order valence-electron chi connectivity index (χ2n) is 3.15. The van der Waals surface area contributed by atoms with Crippen molar-refractivity contribution in [2.75, 3.05) is 13.2 Å². The number of carbonyl (C=O) groups is 1. The van der Waals surface area contributed by atoms with Crippen LogP contribution in [0, 0.1) is 0 Å². The van der Waals surface area contributed by atoms with Gasteiger partial charge in [0.05, 0.1) is 19.3 Å². The van der Waals surface area contributed by atoms with E-state index in [1.54, 1.807) is 6.92 Å². The van der Waals surface area contributed by atoms with E-state index in [-0.39, 0.29) is 19.4 Å². The molecular weight excluding hydrogens is 204 g/mol. The van der Waals surface area contributed by atoms with Crippen molar-refractivity contribution in [3.63, 3.8) is 0 Å². The highest BCUT2D eigenvalue weighted by Crippen LogP contribution is 2.07. The Morgan fingerprint density at radius 1 is 1.27 bits per heavy atom. The Bertz CT molecular complexity index is 183. The highest BCUT2D eigenvalue weighted by molar-refractivity contribution is 5.69. The summed E-state index contributed by atoms with van der Waals surface area (Å²) < 4.78 is 4.62. The number of hydrogen-bond donors (Lipinski definition) is 4. The second kappa shape index (κ2) is 7.58.